The van der Waals surface area contributed by atoms with Gasteiger partial charge in [-0.25, -0.2) is 0 Å². The van der Waals surface area contributed by atoms with Gasteiger partial charge in [0, 0.05) is 25.3 Å². The molecule has 0 radical (unpaired) electrons. The number of carbonyl (C=O) groups excluding carboxylic acids is 1. The van der Waals surface area contributed by atoms with Crippen molar-refractivity contribution in [3.8, 4) is 28.5 Å². The second kappa shape index (κ2) is 9.51. The van der Waals surface area contributed by atoms with E-state index >= 15 is 0 Å². The molecule has 1 amide bonds. The molecule has 4 rings (SSSR count). The number of hydrogen-bond acceptors (Lipinski definition) is 7. The molecule has 2 heterocycles. The first-order valence-corrected chi connectivity index (χ1v) is 10.4. The van der Waals surface area contributed by atoms with E-state index < -0.39 is 12.3 Å². The molecular weight excluding hydrogens is 426 g/mol. The largest absolute Gasteiger partial charge is 0.497 e. The zero-order chi connectivity index (χ0) is 23.5. The van der Waals surface area contributed by atoms with Gasteiger partial charge in [0.2, 0.25) is 0 Å². The zero-order valence-electron chi connectivity index (χ0n) is 19.2. The van der Waals surface area contributed by atoms with Crippen molar-refractivity contribution in [2.75, 3.05) is 42.1 Å². The van der Waals surface area contributed by atoms with Gasteiger partial charge >= 0.3 is 0 Å². The quantitative estimate of drug-likeness (QED) is 0.497. The van der Waals surface area contributed by atoms with Gasteiger partial charge in [-0.3, -0.25) is 9.89 Å². The molecule has 0 saturated carbocycles. The minimum absolute atomic E-state index is 0.189. The Balaban J connectivity index is 1.88. The van der Waals surface area contributed by atoms with E-state index in [0.29, 0.717) is 28.6 Å². The Hall–Kier alpha value is -3.56. The molecule has 2 aromatic carbocycles. The van der Waals surface area contributed by atoms with Crippen molar-refractivity contribution in [1.29, 1.82) is 0 Å². The Bertz CT molecular complexity index is 1140. The van der Waals surface area contributed by atoms with Crippen LogP contribution in [0.1, 0.15) is 27.7 Å². The Labute approximate surface area is 192 Å². The SMILES string of the molecule is COc1cccc(-c2n[nH]c3c2C(c2ccc(OC)c(OC)c2)N(CC(OC)OC)C3=O)c1. The van der Waals surface area contributed by atoms with Gasteiger partial charge in [0.05, 0.1) is 39.6 Å². The monoisotopic (exact) mass is 453 g/mol. The van der Waals surface area contributed by atoms with Gasteiger partial charge in [0.25, 0.3) is 5.91 Å². The first-order chi connectivity index (χ1) is 16.1. The number of fused-ring (bicyclic) bond motifs is 1. The molecule has 3 aromatic rings. The van der Waals surface area contributed by atoms with E-state index in [1.54, 1.807) is 40.4 Å². The fourth-order valence-electron chi connectivity index (χ4n) is 4.15. The molecule has 0 bridgehead atoms. The number of aromatic amines is 1. The maximum atomic E-state index is 13.5. The van der Waals surface area contributed by atoms with Crippen molar-refractivity contribution < 1.29 is 28.5 Å². The normalized spacial score (nSPS) is 15.2. The summed E-state index contributed by atoms with van der Waals surface area (Å²) >= 11 is 0. The topological polar surface area (TPSA) is 95.1 Å². The number of hydrogen-bond donors (Lipinski definition) is 1. The van der Waals surface area contributed by atoms with Crippen molar-refractivity contribution >= 4 is 5.91 Å². The van der Waals surface area contributed by atoms with Crippen LogP contribution < -0.4 is 14.2 Å². The van der Waals surface area contributed by atoms with Gasteiger partial charge in [0.15, 0.2) is 17.8 Å². The molecule has 1 N–H and O–H groups in total. The summed E-state index contributed by atoms with van der Waals surface area (Å²) < 4.78 is 27.1. The van der Waals surface area contributed by atoms with Crippen molar-refractivity contribution in [2.24, 2.45) is 0 Å². The summed E-state index contributed by atoms with van der Waals surface area (Å²) in [5, 5.41) is 7.44. The molecule has 0 fully saturated rings. The van der Waals surface area contributed by atoms with Gasteiger partial charge in [-0.1, -0.05) is 18.2 Å². The smallest absolute Gasteiger partial charge is 0.273 e. The average Bonchev–Trinajstić information content (AvgIpc) is 3.40. The number of H-pyrrole nitrogens is 1. The van der Waals surface area contributed by atoms with Crippen LogP contribution in [0, 0.1) is 0 Å². The van der Waals surface area contributed by atoms with E-state index in [-0.39, 0.29) is 12.5 Å². The van der Waals surface area contributed by atoms with Gasteiger partial charge in [-0.05, 0) is 29.8 Å². The lowest BCUT2D eigenvalue weighted by Crippen LogP contribution is -2.38. The number of benzene rings is 2. The van der Waals surface area contributed by atoms with E-state index in [4.69, 9.17) is 23.7 Å². The second-order valence-corrected chi connectivity index (χ2v) is 7.47. The lowest BCUT2D eigenvalue weighted by Gasteiger charge is -2.29. The Morgan fingerprint density at radius 3 is 2.39 bits per heavy atom. The summed E-state index contributed by atoms with van der Waals surface area (Å²) in [5.41, 5.74) is 3.55. The van der Waals surface area contributed by atoms with E-state index in [0.717, 1.165) is 16.7 Å². The number of nitrogens with one attached hydrogen (secondary N) is 1. The second-order valence-electron chi connectivity index (χ2n) is 7.47. The third-order valence-electron chi connectivity index (χ3n) is 5.80. The van der Waals surface area contributed by atoms with Gasteiger partial charge < -0.3 is 28.6 Å². The molecule has 1 aromatic heterocycles. The minimum atomic E-state index is -0.589. The molecule has 1 atom stereocenters. The van der Waals surface area contributed by atoms with Crippen LogP contribution in [0.25, 0.3) is 11.3 Å². The lowest BCUT2D eigenvalue weighted by atomic mass is 9.95. The van der Waals surface area contributed by atoms with E-state index in [1.807, 2.05) is 42.5 Å². The lowest BCUT2D eigenvalue weighted by molar-refractivity contribution is -0.113. The van der Waals surface area contributed by atoms with Crippen LogP contribution in [0.2, 0.25) is 0 Å². The van der Waals surface area contributed by atoms with Crippen molar-refractivity contribution in [1.82, 2.24) is 15.1 Å². The molecule has 1 aliphatic heterocycles. The van der Waals surface area contributed by atoms with Crippen molar-refractivity contribution in [2.45, 2.75) is 12.3 Å². The molecule has 33 heavy (non-hydrogen) atoms. The molecule has 0 saturated heterocycles. The van der Waals surface area contributed by atoms with Crippen LogP contribution in [-0.4, -0.2) is 69.4 Å². The molecule has 9 heteroatoms. The predicted octanol–water partition coefficient (Wildman–Crippen LogP) is 3.27. The van der Waals surface area contributed by atoms with Crippen LogP contribution in [0.4, 0.5) is 0 Å². The molecule has 0 spiro atoms. The molecule has 1 aliphatic rings. The average molecular weight is 453 g/mol. The maximum Gasteiger partial charge on any atom is 0.273 e. The van der Waals surface area contributed by atoms with Crippen LogP contribution in [0.5, 0.6) is 17.2 Å². The number of methoxy groups -OCH3 is 5. The molecule has 9 nitrogen and oxygen atoms in total. The third-order valence-corrected chi connectivity index (χ3v) is 5.80. The Morgan fingerprint density at radius 2 is 1.73 bits per heavy atom. The van der Waals surface area contributed by atoms with Crippen molar-refractivity contribution in [3.05, 3.63) is 59.3 Å². The number of amides is 1. The van der Waals surface area contributed by atoms with E-state index in [1.165, 1.54) is 0 Å². The number of rotatable bonds is 9. The standard InChI is InChI=1S/C24H27N3O6/c1-29-16-8-6-7-14(11-16)21-20-22(26-25-21)24(28)27(13-19(32-4)33-5)23(20)15-9-10-17(30-2)18(12-15)31-3/h6-12,19,23H,13H2,1-5H3,(H,25,26). The Kier molecular flexibility index (Phi) is 6.52. The number of nitrogens with zero attached hydrogens (tertiary/aromatic N) is 2. The molecule has 174 valence electrons. The van der Waals surface area contributed by atoms with Gasteiger partial charge in [-0.15, -0.1) is 0 Å². The summed E-state index contributed by atoms with van der Waals surface area (Å²) in [5.74, 6) is 1.68. The van der Waals surface area contributed by atoms with E-state index in [9.17, 15) is 4.79 Å². The van der Waals surface area contributed by atoms with Gasteiger partial charge in [-0.2, -0.15) is 5.10 Å². The summed E-state index contributed by atoms with van der Waals surface area (Å²) in [4.78, 5) is 15.2. The first-order valence-electron chi connectivity index (χ1n) is 10.4. The van der Waals surface area contributed by atoms with Crippen LogP contribution >= 0.6 is 0 Å². The highest BCUT2D eigenvalue weighted by Gasteiger charge is 2.43. The summed E-state index contributed by atoms with van der Waals surface area (Å²) in [7, 11) is 7.86. The fourth-order valence-corrected chi connectivity index (χ4v) is 4.15. The van der Waals surface area contributed by atoms with E-state index in [2.05, 4.69) is 10.2 Å². The highest BCUT2D eigenvalue weighted by atomic mass is 16.7. The fraction of sp³-hybridized carbons (Fsp3) is 0.333. The molecular formula is C24H27N3O6. The molecule has 1 unspecified atom stereocenters. The first kappa shape index (κ1) is 22.6. The predicted molar refractivity (Wildman–Crippen MR) is 121 cm³/mol. The number of carbonyl (C=O) groups is 1. The molecule has 0 aliphatic carbocycles. The number of ether oxygens (including phenoxy) is 5. The summed E-state index contributed by atoms with van der Waals surface area (Å²) in [6, 6.07) is 12.7. The van der Waals surface area contributed by atoms with Crippen LogP contribution in [0.3, 0.4) is 0 Å². The maximum absolute atomic E-state index is 13.5. The summed E-state index contributed by atoms with van der Waals surface area (Å²) in [6.07, 6.45) is -0.589. The zero-order valence-corrected chi connectivity index (χ0v) is 19.2. The summed E-state index contributed by atoms with van der Waals surface area (Å²) in [6.45, 7) is 0.227. The third kappa shape index (κ3) is 4.01. The van der Waals surface area contributed by atoms with Crippen LogP contribution in [-0.2, 0) is 9.47 Å². The number of aromatic nitrogens is 2. The minimum Gasteiger partial charge on any atom is -0.497 e. The Morgan fingerprint density at radius 1 is 0.970 bits per heavy atom. The van der Waals surface area contributed by atoms with Gasteiger partial charge in [0.1, 0.15) is 11.4 Å². The van der Waals surface area contributed by atoms with Crippen LogP contribution in [0.15, 0.2) is 42.5 Å². The highest BCUT2D eigenvalue weighted by Crippen LogP contribution is 2.45. The van der Waals surface area contributed by atoms with Crippen molar-refractivity contribution in [3.63, 3.8) is 0 Å². The highest BCUT2D eigenvalue weighted by molar-refractivity contribution is 6.00.